The number of rotatable bonds is 5. The molecule has 0 unspecified atom stereocenters. The molecule has 5 nitrogen and oxygen atoms in total. The first-order valence-electron chi connectivity index (χ1n) is 6.80. The summed E-state index contributed by atoms with van der Waals surface area (Å²) in [7, 11) is -3.90. The minimum absolute atomic E-state index is 0.0901. The zero-order valence-corrected chi connectivity index (χ0v) is 15.3. The summed E-state index contributed by atoms with van der Waals surface area (Å²) in [6.45, 7) is 1.77. The van der Waals surface area contributed by atoms with Crippen molar-refractivity contribution < 1.29 is 18.3 Å². The second kappa shape index (κ2) is 5.41. The Morgan fingerprint density at radius 3 is 2.43 bits per heavy atom. The van der Waals surface area contributed by atoms with E-state index in [1.807, 2.05) is 30.3 Å². The lowest BCUT2D eigenvalue weighted by molar-refractivity contribution is -0.140. The van der Waals surface area contributed by atoms with Crippen molar-refractivity contribution in [2.75, 3.05) is 0 Å². The maximum absolute atomic E-state index is 12.5. The Balaban J connectivity index is 1.98. The topological polar surface area (TPSA) is 83.5 Å². The third kappa shape index (κ3) is 2.63. The van der Waals surface area contributed by atoms with Crippen molar-refractivity contribution in [3.05, 3.63) is 51.8 Å². The standard InChI is InChI=1S/C15H14BrNO4S2/c1-14(10-5-3-2-4-6-10)9-15(14,13(18)19)17-23(20,21)12-8-7-11(16)22-12/h2-8,17H,9H2,1H3,(H,18,19)/t14-,15-/m1/s1. The third-order valence-corrected chi connectivity index (χ3v) is 7.94. The van der Waals surface area contributed by atoms with Gasteiger partial charge in [0.25, 0.3) is 10.0 Å². The number of hydrogen-bond donors (Lipinski definition) is 2. The van der Waals surface area contributed by atoms with Gasteiger partial charge in [0, 0.05) is 5.41 Å². The fraction of sp³-hybridized carbons (Fsp3) is 0.267. The number of sulfonamides is 1. The summed E-state index contributed by atoms with van der Waals surface area (Å²) < 4.78 is 28.3. The van der Waals surface area contributed by atoms with E-state index in [0.717, 1.165) is 16.9 Å². The van der Waals surface area contributed by atoms with Crippen molar-refractivity contribution >= 4 is 43.3 Å². The van der Waals surface area contributed by atoms with Crippen LogP contribution in [0.5, 0.6) is 0 Å². The summed E-state index contributed by atoms with van der Waals surface area (Å²) in [6.07, 6.45) is 0.213. The van der Waals surface area contributed by atoms with Gasteiger partial charge in [-0.05, 0) is 40.0 Å². The van der Waals surface area contributed by atoms with Crippen LogP contribution < -0.4 is 4.72 Å². The average Bonchev–Trinajstić information content (AvgIpc) is 2.87. The number of thiophene rings is 1. The maximum Gasteiger partial charge on any atom is 0.325 e. The Kier molecular flexibility index (Phi) is 3.91. The Morgan fingerprint density at radius 2 is 1.91 bits per heavy atom. The van der Waals surface area contributed by atoms with Crippen LogP contribution in [-0.4, -0.2) is 25.0 Å². The van der Waals surface area contributed by atoms with Crippen molar-refractivity contribution in [1.82, 2.24) is 4.72 Å². The maximum atomic E-state index is 12.5. The van der Waals surface area contributed by atoms with Crippen LogP contribution in [0.15, 0.2) is 50.5 Å². The van der Waals surface area contributed by atoms with E-state index < -0.39 is 26.9 Å². The molecule has 0 amide bonds. The van der Waals surface area contributed by atoms with E-state index in [-0.39, 0.29) is 10.6 Å². The van der Waals surface area contributed by atoms with Crippen molar-refractivity contribution in [2.24, 2.45) is 0 Å². The molecule has 2 atom stereocenters. The van der Waals surface area contributed by atoms with Crippen LogP contribution in [0.3, 0.4) is 0 Å². The number of carboxylic acids is 1. The number of carboxylic acid groups (broad SMARTS) is 1. The molecule has 0 bridgehead atoms. The van der Waals surface area contributed by atoms with Crippen molar-refractivity contribution in [3.63, 3.8) is 0 Å². The van der Waals surface area contributed by atoms with Gasteiger partial charge in [0.05, 0.1) is 3.79 Å². The monoisotopic (exact) mass is 415 g/mol. The predicted molar refractivity (Wildman–Crippen MR) is 91.1 cm³/mol. The van der Waals surface area contributed by atoms with Crippen LogP contribution >= 0.6 is 27.3 Å². The van der Waals surface area contributed by atoms with Gasteiger partial charge in [-0.15, -0.1) is 11.3 Å². The van der Waals surface area contributed by atoms with E-state index in [0.29, 0.717) is 3.79 Å². The molecule has 1 heterocycles. The van der Waals surface area contributed by atoms with E-state index in [4.69, 9.17) is 0 Å². The molecule has 3 rings (SSSR count). The lowest BCUT2D eigenvalue weighted by atomic mass is 9.93. The zero-order chi connectivity index (χ0) is 16.9. The van der Waals surface area contributed by atoms with Crippen LogP contribution in [0, 0.1) is 0 Å². The number of nitrogens with one attached hydrogen (secondary N) is 1. The Hall–Kier alpha value is -1.22. The van der Waals surface area contributed by atoms with Gasteiger partial charge >= 0.3 is 5.97 Å². The third-order valence-electron chi connectivity index (χ3n) is 4.33. The van der Waals surface area contributed by atoms with Crippen LogP contribution in [0.1, 0.15) is 18.9 Å². The Labute approximate surface area is 146 Å². The second-order valence-corrected chi connectivity index (χ2v) is 10.1. The number of halogens is 1. The highest BCUT2D eigenvalue weighted by Gasteiger charge is 2.72. The van der Waals surface area contributed by atoms with Crippen LogP contribution in [0.2, 0.25) is 0 Å². The van der Waals surface area contributed by atoms with Gasteiger partial charge in [-0.3, -0.25) is 4.79 Å². The highest BCUT2D eigenvalue weighted by molar-refractivity contribution is 9.11. The van der Waals surface area contributed by atoms with Gasteiger partial charge in [-0.1, -0.05) is 37.3 Å². The van der Waals surface area contributed by atoms with Gasteiger partial charge in [0.1, 0.15) is 9.75 Å². The molecule has 1 saturated carbocycles. The normalized spacial score (nSPS) is 26.9. The number of aliphatic carboxylic acids is 1. The highest BCUT2D eigenvalue weighted by Crippen LogP contribution is 2.58. The summed E-state index contributed by atoms with van der Waals surface area (Å²) in [5.41, 5.74) is -1.50. The summed E-state index contributed by atoms with van der Waals surface area (Å²) in [5.74, 6) is -1.16. The first-order valence-corrected chi connectivity index (χ1v) is 9.89. The second-order valence-electron chi connectivity index (χ2n) is 5.75. The van der Waals surface area contributed by atoms with Gasteiger partial charge in [-0.2, -0.15) is 4.72 Å². The summed E-state index contributed by atoms with van der Waals surface area (Å²) in [5, 5.41) is 9.68. The highest BCUT2D eigenvalue weighted by atomic mass is 79.9. The fourth-order valence-corrected chi connectivity index (χ4v) is 6.33. The molecule has 8 heteroatoms. The lowest BCUT2D eigenvalue weighted by Gasteiger charge is -2.20. The van der Waals surface area contributed by atoms with Gasteiger partial charge in [0.15, 0.2) is 0 Å². The van der Waals surface area contributed by atoms with Gasteiger partial charge < -0.3 is 5.11 Å². The van der Waals surface area contributed by atoms with E-state index in [2.05, 4.69) is 20.7 Å². The van der Waals surface area contributed by atoms with Crippen molar-refractivity contribution in [3.8, 4) is 0 Å². The molecule has 1 fully saturated rings. The number of hydrogen-bond acceptors (Lipinski definition) is 4. The molecule has 0 saturated heterocycles. The van der Waals surface area contributed by atoms with Gasteiger partial charge in [-0.25, -0.2) is 8.42 Å². The summed E-state index contributed by atoms with van der Waals surface area (Å²) in [4.78, 5) is 11.9. The first kappa shape index (κ1) is 16.6. The van der Waals surface area contributed by atoms with Crippen LogP contribution in [0.4, 0.5) is 0 Å². The molecule has 0 aliphatic heterocycles. The van der Waals surface area contributed by atoms with Crippen LogP contribution in [0.25, 0.3) is 0 Å². The molecular weight excluding hydrogens is 402 g/mol. The smallest absolute Gasteiger partial charge is 0.325 e. The van der Waals surface area contributed by atoms with E-state index in [9.17, 15) is 18.3 Å². The largest absolute Gasteiger partial charge is 0.480 e. The van der Waals surface area contributed by atoms with E-state index >= 15 is 0 Å². The number of carbonyl (C=O) groups is 1. The first-order chi connectivity index (χ1) is 10.7. The molecular formula is C15H14BrNO4S2. The molecule has 122 valence electrons. The fourth-order valence-electron chi connectivity index (χ4n) is 2.87. The summed E-state index contributed by atoms with van der Waals surface area (Å²) >= 11 is 4.26. The molecule has 1 aliphatic carbocycles. The lowest BCUT2D eigenvalue weighted by Crippen LogP contribution is -2.47. The quantitative estimate of drug-likeness (QED) is 0.785. The zero-order valence-electron chi connectivity index (χ0n) is 12.1. The summed E-state index contributed by atoms with van der Waals surface area (Å²) in [6, 6.07) is 12.2. The van der Waals surface area contributed by atoms with Crippen LogP contribution in [-0.2, 0) is 20.2 Å². The Bertz CT molecular complexity index is 865. The van der Waals surface area contributed by atoms with E-state index in [1.54, 1.807) is 13.0 Å². The average molecular weight is 416 g/mol. The van der Waals surface area contributed by atoms with Crippen molar-refractivity contribution in [1.29, 1.82) is 0 Å². The van der Waals surface area contributed by atoms with E-state index in [1.165, 1.54) is 6.07 Å². The molecule has 0 spiro atoms. The Morgan fingerprint density at radius 1 is 1.26 bits per heavy atom. The molecule has 1 aliphatic rings. The molecule has 2 aromatic rings. The minimum Gasteiger partial charge on any atom is -0.480 e. The molecule has 2 N–H and O–H groups in total. The van der Waals surface area contributed by atoms with Gasteiger partial charge in [0.2, 0.25) is 0 Å². The minimum atomic E-state index is -3.90. The van der Waals surface area contributed by atoms with Crippen molar-refractivity contribution in [2.45, 2.75) is 28.5 Å². The molecule has 23 heavy (non-hydrogen) atoms. The SMILES string of the molecule is C[C@]1(c2ccccc2)C[C@@]1(NS(=O)(=O)c1ccc(Br)s1)C(=O)O. The molecule has 1 aromatic carbocycles. The predicted octanol–water partition coefficient (Wildman–Crippen LogP) is 2.97. The molecule has 0 radical (unpaired) electrons. The number of benzene rings is 1. The molecule has 1 aromatic heterocycles.